The number of nitrogens with zero attached hydrogens (tertiary/aromatic N) is 1. The molecule has 2 N–H and O–H groups in total. The first-order chi connectivity index (χ1) is 13.9. The maximum Gasteiger partial charge on any atom is 0.240 e. The van der Waals surface area contributed by atoms with Crippen molar-refractivity contribution < 1.29 is 14.0 Å². The highest BCUT2D eigenvalue weighted by molar-refractivity contribution is 6.31. The van der Waals surface area contributed by atoms with E-state index < -0.39 is 5.91 Å². The molecular formula is C21H18ClN3O4. The lowest BCUT2D eigenvalue weighted by molar-refractivity contribution is -0.124. The number of aryl methyl sites for hydroxylation is 1. The number of benzene rings is 2. The number of amides is 2. The minimum Gasteiger partial charge on any atom is -0.463 e. The van der Waals surface area contributed by atoms with E-state index in [4.69, 9.17) is 16.0 Å². The molecule has 0 bridgehead atoms. The summed E-state index contributed by atoms with van der Waals surface area (Å²) in [5.74, 6) is -0.728. The Kier molecular flexibility index (Phi) is 6.41. The molecule has 0 atom stereocenters. The number of hydrazone groups is 1. The fourth-order valence-corrected chi connectivity index (χ4v) is 2.70. The van der Waals surface area contributed by atoms with Crippen molar-refractivity contribution >= 4 is 46.3 Å². The molecule has 0 saturated carbocycles. The minimum atomic E-state index is -0.450. The smallest absolute Gasteiger partial charge is 0.240 e. The molecule has 0 aliphatic carbocycles. The van der Waals surface area contributed by atoms with E-state index in [2.05, 4.69) is 15.8 Å². The number of rotatable bonds is 6. The number of hydrogen-bond acceptors (Lipinski definition) is 5. The molecule has 0 aliphatic heterocycles. The number of halogens is 1. The zero-order valence-corrected chi connectivity index (χ0v) is 16.3. The van der Waals surface area contributed by atoms with Crippen LogP contribution in [0.3, 0.4) is 0 Å². The van der Waals surface area contributed by atoms with Crippen LogP contribution in [0.1, 0.15) is 24.0 Å². The van der Waals surface area contributed by atoms with E-state index in [0.29, 0.717) is 21.7 Å². The van der Waals surface area contributed by atoms with Gasteiger partial charge in [0.2, 0.25) is 17.2 Å². The van der Waals surface area contributed by atoms with E-state index in [0.717, 1.165) is 5.56 Å². The maximum atomic E-state index is 12.4. The van der Waals surface area contributed by atoms with Crippen molar-refractivity contribution in [2.24, 2.45) is 5.10 Å². The maximum absolute atomic E-state index is 12.4. The van der Waals surface area contributed by atoms with Gasteiger partial charge < -0.3 is 9.73 Å². The third-order valence-electron chi connectivity index (χ3n) is 4.07. The molecule has 0 spiro atoms. The lowest BCUT2D eigenvalue weighted by Gasteiger charge is -2.05. The summed E-state index contributed by atoms with van der Waals surface area (Å²) in [6.07, 6.45) is 2.41. The van der Waals surface area contributed by atoms with Gasteiger partial charge in [-0.3, -0.25) is 14.4 Å². The quantitative estimate of drug-likeness (QED) is 0.477. The second-order valence-corrected chi connectivity index (χ2v) is 6.80. The molecule has 3 rings (SSSR count). The second-order valence-electron chi connectivity index (χ2n) is 6.37. The number of nitrogens with one attached hydrogen (secondary N) is 2. The topological polar surface area (TPSA) is 101 Å². The number of carbonyl (C=O) groups excluding carboxylic acids is 2. The molecule has 148 valence electrons. The van der Waals surface area contributed by atoms with Crippen molar-refractivity contribution in [1.29, 1.82) is 0 Å². The molecule has 8 heteroatoms. The Hall–Kier alpha value is -3.45. The van der Waals surface area contributed by atoms with Crippen LogP contribution in [0.4, 0.5) is 5.69 Å². The molecule has 7 nitrogen and oxygen atoms in total. The molecule has 0 unspecified atom stereocenters. The van der Waals surface area contributed by atoms with Gasteiger partial charge in [0.05, 0.1) is 17.2 Å². The predicted molar refractivity (Wildman–Crippen MR) is 112 cm³/mol. The van der Waals surface area contributed by atoms with Crippen LogP contribution in [0.15, 0.2) is 63.0 Å². The molecule has 0 saturated heterocycles. The van der Waals surface area contributed by atoms with Crippen molar-refractivity contribution in [1.82, 2.24) is 5.43 Å². The van der Waals surface area contributed by atoms with Crippen LogP contribution in [0.5, 0.6) is 0 Å². The minimum absolute atomic E-state index is 0.00580. The van der Waals surface area contributed by atoms with Crippen molar-refractivity contribution in [2.75, 3.05) is 5.32 Å². The molecule has 1 heterocycles. The molecule has 3 aromatic rings. The average molecular weight is 412 g/mol. The monoisotopic (exact) mass is 411 g/mol. The van der Waals surface area contributed by atoms with Crippen LogP contribution in [0.2, 0.25) is 5.02 Å². The molecule has 29 heavy (non-hydrogen) atoms. The predicted octanol–water partition coefficient (Wildman–Crippen LogP) is 3.62. The van der Waals surface area contributed by atoms with Crippen LogP contribution in [-0.2, 0) is 9.59 Å². The summed E-state index contributed by atoms with van der Waals surface area (Å²) in [5, 5.41) is 7.20. The van der Waals surface area contributed by atoms with Crippen LogP contribution < -0.4 is 16.2 Å². The third-order valence-corrected chi connectivity index (χ3v) is 4.30. The molecule has 2 aromatic carbocycles. The Balaban J connectivity index is 1.52. The van der Waals surface area contributed by atoms with E-state index in [9.17, 15) is 14.4 Å². The van der Waals surface area contributed by atoms with E-state index in [1.54, 1.807) is 24.3 Å². The molecule has 0 fully saturated rings. The van der Waals surface area contributed by atoms with Gasteiger partial charge in [-0.15, -0.1) is 0 Å². The Morgan fingerprint density at radius 2 is 1.83 bits per heavy atom. The lowest BCUT2D eigenvalue weighted by atomic mass is 10.2. The van der Waals surface area contributed by atoms with Gasteiger partial charge in [-0.25, -0.2) is 5.43 Å². The number of hydrogen-bond donors (Lipinski definition) is 2. The van der Waals surface area contributed by atoms with E-state index in [-0.39, 0.29) is 29.7 Å². The van der Waals surface area contributed by atoms with Crippen molar-refractivity contribution in [2.45, 2.75) is 19.8 Å². The van der Waals surface area contributed by atoms with Gasteiger partial charge >= 0.3 is 0 Å². The molecule has 0 radical (unpaired) electrons. The Bertz CT molecular complexity index is 1140. The van der Waals surface area contributed by atoms with Crippen molar-refractivity contribution in [3.8, 4) is 0 Å². The molecular weight excluding hydrogens is 394 g/mol. The summed E-state index contributed by atoms with van der Waals surface area (Å²) < 4.78 is 5.36. The van der Waals surface area contributed by atoms with Gasteiger partial charge in [0.25, 0.3) is 0 Å². The third kappa shape index (κ3) is 5.52. The number of anilines is 1. The Morgan fingerprint density at radius 1 is 1.10 bits per heavy atom. The summed E-state index contributed by atoms with van der Waals surface area (Å²) in [7, 11) is 0. The second kappa shape index (κ2) is 9.16. The van der Waals surface area contributed by atoms with Crippen LogP contribution in [0, 0.1) is 6.92 Å². The van der Waals surface area contributed by atoms with Crippen LogP contribution in [0.25, 0.3) is 11.0 Å². The summed E-state index contributed by atoms with van der Waals surface area (Å²) in [4.78, 5) is 36.1. The highest BCUT2D eigenvalue weighted by atomic mass is 35.5. The van der Waals surface area contributed by atoms with Crippen LogP contribution >= 0.6 is 11.6 Å². The van der Waals surface area contributed by atoms with Crippen molar-refractivity contribution in [3.05, 3.63) is 75.1 Å². The van der Waals surface area contributed by atoms with Gasteiger partial charge in [0.15, 0.2) is 0 Å². The number of carbonyl (C=O) groups is 2. The fraction of sp³-hybridized carbons (Fsp3) is 0.143. The van der Waals surface area contributed by atoms with Crippen LogP contribution in [-0.4, -0.2) is 18.0 Å². The van der Waals surface area contributed by atoms with Crippen molar-refractivity contribution in [3.63, 3.8) is 0 Å². The normalized spacial score (nSPS) is 11.0. The van der Waals surface area contributed by atoms with E-state index in [1.165, 1.54) is 18.5 Å². The largest absolute Gasteiger partial charge is 0.463 e. The zero-order chi connectivity index (χ0) is 20.8. The molecule has 0 aliphatic rings. The summed E-state index contributed by atoms with van der Waals surface area (Å²) in [6.45, 7) is 1.95. The van der Waals surface area contributed by atoms with Gasteiger partial charge in [0, 0.05) is 23.6 Å². The summed E-state index contributed by atoms with van der Waals surface area (Å²) >= 11 is 5.90. The number of fused-ring (bicyclic) bond motifs is 1. The Morgan fingerprint density at radius 3 is 2.59 bits per heavy atom. The SMILES string of the molecule is Cc1ccc(NC(=O)CCC(=O)NN=Cc2coc3ccc(Cl)cc3c2=O)cc1. The van der Waals surface area contributed by atoms with Gasteiger partial charge in [-0.2, -0.15) is 5.10 Å². The van der Waals surface area contributed by atoms with E-state index >= 15 is 0 Å². The van der Waals surface area contributed by atoms with Gasteiger partial charge in [-0.1, -0.05) is 29.3 Å². The molecule has 2 amide bonds. The summed E-state index contributed by atoms with van der Waals surface area (Å²) in [6, 6.07) is 12.1. The first-order valence-electron chi connectivity index (χ1n) is 8.82. The fourth-order valence-electron chi connectivity index (χ4n) is 2.52. The lowest BCUT2D eigenvalue weighted by Crippen LogP contribution is -2.21. The molecule has 1 aromatic heterocycles. The zero-order valence-electron chi connectivity index (χ0n) is 15.6. The first-order valence-corrected chi connectivity index (χ1v) is 9.19. The van der Waals surface area contributed by atoms with Gasteiger partial charge in [-0.05, 0) is 37.3 Å². The highest BCUT2D eigenvalue weighted by Crippen LogP contribution is 2.16. The summed E-state index contributed by atoms with van der Waals surface area (Å²) in [5.41, 5.74) is 4.30. The Labute approximate surface area is 171 Å². The average Bonchev–Trinajstić information content (AvgIpc) is 2.70. The van der Waals surface area contributed by atoms with Gasteiger partial charge in [0.1, 0.15) is 11.8 Å². The van der Waals surface area contributed by atoms with E-state index in [1.807, 2.05) is 19.1 Å². The highest BCUT2D eigenvalue weighted by Gasteiger charge is 2.08. The standard InChI is InChI=1S/C21H18ClN3O4/c1-13-2-5-16(6-3-13)24-19(26)8-9-20(27)25-23-11-14-12-29-18-7-4-15(22)10-17(18)21(14)28/h2-7,10-12H,8-9H2,1H3,(H,24,26)(H,25,27). The first kappa shape index (κ1) is 20.3.